The third-order valence-electron chi connectivity index (χ3n) is 11.8. The van der Waals surface area contributed by atoms with E-state index in [1.807, 2.05) is 0 Å². The second-order valence-corrected chi connectivity index (χ2v) is 15.5. The molecule has 0 bridgehead atoms. The minimum absolute atomic E-state index is 0.807. The number of aromatic nitrogens is 3. The fraction of sp³-hybridized carbons (Fsp3) is 0.0172. The van der Waals surface area contributed by atoms with Crippen molar-refractivity contribution in [3.63, 3.8) is 0 Å². The fourth-order valence-electron chi connectivity index (χ4n) is 8.63. The number of fused-ring (bicyclic) bond motifs is 6. The molecule has 0 saturated carbocycles. The van der Waals surface area contributed by atoms with Gasteiger partial charge in [0.25, 0.3) is 0 Å². The van der Waals surface area contributed by atoms with Gasteiger partial charge in [-0.15, -0.1) is 6.42 Å². The lowest BCUT2D eigenvalue weighted by Gasteiger charge is -2.10. The van der Waals surface area contributed by atoms with Crippen LogP contribution in [0.25, 0.3) is 105 Å². The SMILES string of the molecule is C#Cc1c(/C=C\Cc2cccc3ccccc23)ccc2ccc(-c3ccc(-c4ccc(-c5ccc6ccc7ccc(-c8cccc9ccccc89)nc7c6n5)cc4)cc3)nc12. The second kappa shape index (κ2) is 15.2. The smallest absolute Gasteiger partial charge is 0.0972 e. The maximum Gasteiger partial charge on any atom is 0.0972 e. The Morgan fingerprint density at radius 1 is 0.393 bits per heavy atom. The van der Waals surface area contributed by atoms with E-state index in [1.165, 1.54) is 27.1 Å². The van der Waals surface area contributed by atoms with Gasteiger partial charge in [-0.25, -0.2) is 15.0 Å². The first-order chi connectivity index (χ1) is 30.2. The molecule has 0 fully saturated rings. The number of allylic oxidation sites excluding steroid dienone is 1. The van der Waals surface area contributed by atoms with Crippen molar-refractivity contribution in [3.8, 4) is 57.2 Å². The lowest BCUT2D eigenvalue weighted by atomic mass is 9.98. The lowest BCUT2D eigenvalue weighted by molar-refractivity contribution is 1.31. The van der Waals surface area contributed by atoms with Gasteiger partial charge in [0.05, 0.1) is 39.2 Å². The third kappa shape index (κ3) is 6.67. The van der Waals surface area contributed by atoms with Crippen molar-refractivity contribution in [2.24, 2.45) is 0 Å². The molecule has 0 amide bonds. The maximum atomic E-state index is 6.15. The first-order valence-electron chi connectivity index (χ1n) is 20.6. The number of hydrogen-bond donors (Lipinski definition) is 0. The molecule has 0 aliphatic heterocycles. The summed E-state index contributed by atoms with van der Waals surface area (Å²) in [6.45, 7) is 0. The molecule has 0 aliphatic carbocycles. The van der Waals surface area contributed by atoms with Gasteiger partial charge in [0, 0.05) is 32.8 Å². The standard InChI is InChI=1S/C58H37N3/c1-2-49-43(15-8-14-41-13-7-12-40-10-3-5-17-50(40)41)24-29-46-32-35-53(59-56(46)49)44-25-20-38(21-26-44)39-22-27-45(28-23-39)54-36-33-47-30-31-48-34-37-55(61-58(48)57(47)60-54)52-19-9-16-42-11-4-6-18-51(42)52/h1,3-13,15-37H,14H2/b15-8-. The Labute approximate surface area is 354 Å². The van der Waals surface area contributed by atoms with Crippen molar-refractivity contribution in [3.05, 3.63) is 217 Å². The molecule has 3 heterocycles. The van der Waals surface area contributed by atoms with Crippen LogP contribution in [0.15, 0.2) is 200 Å². The van der Waals surface area contributed by atoms with Crippen LogP contribution in [0.2, 0.25) is 0 Å². The van der Waals surface area contributed by atoms with Crippen molar-refractivity contribution in [1.29, 1.82) is 0 Å². The van der Waals surface area contributed by atoms with Crippen LogP contribution in [0.3, 0.4) is 0 Å². The molecular weight excluding hydrogens is 739 g/mol. The molecule has 11 rings (SSSR count). The van der Waals surface area contributed by atoms with Crippen molar-refractivity contribution in [2.75, 3.05) is 0 Å². The van der Waals surface area contributed by atoms with Crippen molar-refractivity contribution in [2.45, 2.75) is 6.42 Å². The highest BCUT2D eigenvalue weighted by atomic mass is 14.8. The van der Waals surface area contributed by atoms with Gasteiger partial charge in [-0.2, -0.15) is 0 Å². The van der Waals surface area contributed by atoms with Crippen LogP contribution in [0.1, 0.15) is 16.7 Å². The average Bonchev–Trinajstić information content (AvgIpc) is 3.33. The molecule has 3 aromatic heterocycles. The predicted octanol–water partition coefficient (Wildman–Crippen LogP) is 14.5. The Bertz CT molecular complexity index is 3550. The molecule has 284 valence electrons. The van der Waals surface area contributed by atoms with Crippen LogP contribution in [-0.2, 0) is 6.42 Å². The van der Waals surface area contributed by atoms with Gasteiger partial charge in [-0.05, 0) is 68.4 Å². The van der Waals surface area contributed by atoms with Gasteiger partial charge < -0.3 is 0 Å². The molecular formula is C58H37N3. The van der Waals surface area contributed by atoms with Crippen LogP contribution < -0.4 is 0 Å². The molecule has 61 heavy (non-hydrogen) atoms. The summed E-state index contributed by atoms with van der Waals surface area (Å²) < 4.78 is 0. The van der Waals surface area contributed by atoms with E-state index in [1.54, 1.807) is 0 Å². The maximum absolute atomic E-state index is 6.15. The molecule has 0 aliphatic rings. The summed E-state index contributed by atoms with van der Waals surface area (Å²) >= 11 is 0. The highest BCUT2D eigenvalue weighted by Gasteiger charge is 2.12. The van der Waals surface area contributed by atoms with Crippen LogP contribution in [-0.4, -0.2) is 15.0 Å². The highest BCUT2D eigenvalue weighted by Crippen LogP contribution is 2.33. The zero-order valence-electron chi connectivity index (χ0n) is 33.3. The largest absolute Gasteiger partial charge is 0.246 e. The monoisotopic (exact) mass is 775 g/mol. The number of nitrogens with zero attached hydrogens (tertiary/aromatic N) is 3. The van der Waals surface area contributed by atoms with E-state index >= 15 is 0 Å². The number of hydrogen-bond acceptors (Lipinski definition) is 3. The summed E-state index contributed by atoms with van der Waals surface area (Å²) in [7, 11) is 0. The number of terminal acetylenes is 1. The minimum Gasteiger partial charge on any atom is -0.246 e. The average molecular weight is 776 g/mol. The molecule has 8 aromatic carbocycles. The zero-order valence-corrected chi connectivity index (χ0v) is 33.3. The highest BCUT2D eigenvalue weighted by molar-refractivity contribution is 6.05. The predicted molar refractivity (Wildman–Crippen MR) is 256 cm³/mol. The number of benzene rings is 8. The van der Waals surface area contributed by atoms with Gasteiger partial charge in [-0.3, -0.25) is 0 Å². The zero-order chi connectivity index (χ0) is 40.7. The molecule has 3 nitrogen and oxygen atoms in total. The third-order valence-corrected chi connectivity index (χ3v) is 11.8. The van der Waals surface area contributed by atoms with E-state index in [0.717, 1.165) is 95.2 Å². The minimum atomic E-state index is 0.807. The summed E-state index contributed by atoms with van der Waals surface area (Å²) in [5.41, 5.74) is 13.9. The van der Waals surface area contributed by atoms with Crippen LogP contribution in [0, 0.1) is 12.3 Å². The Kier molecular flexibility index (Phi) is 8.95. The topological polar surface area (TPSA) is 38.7 Å². The first kappa shape index (κ1) is 35.9. The molecule has 0 saturated heterocycles. The van der Waals surface area contributed by atoms with Gasteiger partial charge in [0.2, 0.25) is 0 Å². The molecule has 0 radical (unpaired) electrons. The summed E-state index contributed by atoms with van der Waals surface area (Å²) in [5.74, 6) is 2.95. The van der Waals surface area contributed by atoms with Gasteiger partial charge in [0.15, 0.2) is 0 Å². The van der Waals surface area contributed by atoms with Gasteiger partial charge in [-0.1, -0.05) is 194 Å². The summed E-state index contributed by atoms with van der Waals surface area (Å²) in [4.78, 5) is 15.5. The van der Waals surface area contributed by atoms with Crippen molar-refractivity contribution in [1.82, 2.24) is 15.0 Å². The van der Waals surface area contributed by atoms with E-state index in [0.29, 0.717) is 0 Å². The van der Waals surface area contributed by atoms with E-state index < -0.39 is 0 Å². The summed E-state index contributed by atoms with van der Waals surface area (Å²) in [5, 5.41) is 8.08. The van der Waals surface area contributed by atoms with Crippen LogP contribution >= 0.6 is 0 Å². The van der Waals surface area contributed by atoms with Crippen molar-refractivity contribution < 1.29 is 0 Å². The Balaban J connectivity index is 0.851. The van der Waals surface area contributed by atoms with Gasteiger partial charge in [0.1, 0.15) is 0 Å². The Morgan fingerprint density at radius 3 is 1.52 bits per heavy atom. The van der Waals surface area contributed by atoms with Crippen molar-refractivity contribution >= 4 is 60.3 Å². The number of pyridine rings is 3. The molecule has 0 unspecified atom stereocenters. The quantitative estimate of drug-likeness (QED) is 0.120. The first-order valence-corrected chi connectivity index (χ1v) is 20.6. The van der Waals surface area contributed by atoms with Crippen LogP contribution in [0.5, 0.6) is 0 Å². The second-order valence-electron chi connectivity index (χ2n) is 15.5. The number of rotatable bonds is 7. The van der Waals surface area contributed by atoms with E-state index in [2.05, 4.69) is 212 Å². The Morgan fingerprint density at radius 2 is 0.869 bits per heavy atom. The summed E-state index contributed by atoms with van der Waals surface area (Å²) in [6, 6.07) is 68.2. The molecule has 0 spiro atoms. The molecule has 3 heteroatoms. The molecule has 0 atom stereocenters. The summed E-state index contributed by atoms with van der Waals surface area (Å²) in [6.07, 6.45) is 11.3. The Hall–Kier alpha value is -8.19. The van der Waals surface area contributed by atoms with E-state index in [9.17, 15) is 0 Å². The van der Waals surface area contributed by atoms with Crippen LogP contribution in [0.4, 0.5) is 0 Å². The molecule has 11 aromatic rings. The normalized spacial score (nSPS) is 11.6. The van der Waals surface area contributed by atoms with E-state index in [-0.39, 0.29) is 0 Å². The fourth-order valence-corrected chi connectivity index (χ4v) is 8.63. The van der Waals surface area contributed by atoms with E-state index in [4.69, 9.17) is 21.4 Å². The van der Waals surface area contributed by atoms with Gasteiger partial charge >= 0.3 is 0 Å². The lowest BCUT2D eigenvalue weighted by Crippen LogP contribution is -1.92. The molecule has 0 N–H and O–H groups in total.